The maximum absolute atomic E-state index is 12.4. The molecule has 2 aromatic rings. The molecule has 0 radical (unpaired) electrons. The molecule has 0 aliphatic carbocycles. The largest absolute Gasteiger partial charge is 0.338 e. The Morgan fingerprint density at radius 3 is 2.14 bits per heavy atom. The summed E-state index contributed by atoms with van der Waals surface area (Å²) in [6, 6.07) is 13.6. The molecule has 2 rings (SSSR count). The van der Waals surface area contributed by atoms with Crippen LogP contribution in [0, 0.1) is 0 Å². The molecule has 0 fully saturated rings. The van der Waals surface area contributed by atoms with Gasteiger partial charge in [0.15, 0.2) is 0 Å². The second-order valence-electron chi connectivity index (χ2n) is 4.63. The van der Waals surface area contributed by atoms with Crippen molar-refractivity contribution >= 4 is 34.1 Å². The van der Waals surface area contributed by atoms with E-state index in [9.17, 15) is 9.00 Å². The number of anilines is 1. The second-order valence-corrected chi connectivity index (χ2v) is 6.54. The molecule has 1 atom stereocenters. The van der Waals surface area contributed by atoms with E-state index < -0.39 is 10.8 Å². The smallest absolute Gasteiger partial charge is 0.319 e. The standard InChI is InChI=1S/C16H17ClN2O2S/c1-2-11-18-16(20)19-13-5-9-15(10-6-13)22(21)14-7-3-12(17)4-8-14/h3-10H,2,11H2,1H3,(H2,18,19,20). The molecule has 6 heteroatoms. The van der Waals surface area contributed by atoms with Crippen molar-refractivity contribution in [3.63, 3.8) is 0 Å². The average molecular weight is 337 g/mol. The molecular formula is C16H17ClN2O2S. The monoisotopic (exact) mass is 336 g/mol. The molecule has 4 nitrogen and oxygen atoms in total. The van der Waals surface area contributed by atoms with Crippen LogP contribution in [0.5, 0.6) is 0 Å². The van der Waals surface area contributed by atoms with Crippen LogP contribution in [0.4, 0.5) is 10.5 Å². The van der Waals surface area contributed by atoms with Gasteiger partial charge >= 0.3 is 6.03 Å². The number of amides is 2. The van der Waals surface area contributed by atoms with Crippen molar-refractivity contribution in [2.75, 3.05) is 11.9 Å². The van der Waals surface area contributed by atoms with Crippen LogP contribution in [-0.4, -0.2) is 16.8 Å². The lowest BCUT2D eigenvalue weighted by Crippen LogP contribution is -2.29. The van der Waals surface area contributed by atoms with Gasteiger partial charge in [0.1, 0.15) is 0 Å². The van der Waals surface area contributed by atoms with E-state index in [1.54, 1.807) is 48.5 Å². The van der Waals surface area contributed by atoms with Gasteiger partial charge in [-0.25, -0.2) is 9.00 Å². The maximum Gasteiger partial charge on any atom is 0.319 e. The summed E-state index contributed by atoms with van der Waals surface area (Å²) in [7, 11) is -1.27. The fourth-order valence-electron chi connectivity index (χ4n) is 1.77. The number of rotatable bonds is 5. The normalized spacial score (nSPS) is 11.7. The van der Waals surface area contributed by atoms with Gasteiger partial charge in [-0.3, -0.25) is 0 Å². The quantitative estimate of drug-likeness (QED) is 0.865. The van der Waals surface area contributed by atoms with Crippen LogP contribution >= 0.6 is 11.6 Å². The van der Waals surface area contributed by atoms with Crippen LogP contribution in [0.15, 0.2) is 58.3 Å². The first-order valence-corrected chi connectivity index (χ1v) is 8.45. The van der Waals surface area contributed by atoms with Gasteiger partial charge in [-0.2, -0.15) is 0 Å². The van der Waals surface area contributed by atoms with Crippen molar-refractivity contribution in [2.24, 2.45) is 0 Å². The summed E-state index contributed by atoms with van der Waals surface area (Å²) in [4.78, 5) is 12.9. The molecule has 0 heterocycles. The van der Waals surface area contributed by atoms with E-state index in [0.717, 1.165) is 6.42 Å². The van der Waals surface area contributed by atoms with Crippen molar-refractivity contribution < 1.29 is 9.00 Å². The Labute approximate surface area is 137 Å². The average Bonchev–Trinajstić information content (AvgIpc) is 2.54. The van der Waals surface area contributed by atoms with E-state index in [1.807, 2.05) is 6.92 Å². The Morgan fingerprint density at radius 1 is 1.05 bits per heavy atom. The van der Waals surface area contributed by atoms with E-state index >= 15 is 0 Å². The minimum absolute atomic E-state index is 0.242. The van der Waals surface area contributed by atoms with Crippen molar-refractivity contribution in [3.05, 3.63) is 53.6 Å². The Balaban J connectivity index is 2.03. The molecule has 1 unspecified atom stereocenters. The number of nitrogens with one attached hydrogen (secondary N) is 2. The van der Waals surface area contributed by atoms with Gasteiger partial charge in [0.2, 0.25) is 0 Å². The molecule has 0 aliphatic rings. The third-order valence-electron chi connectivity index (χ3n) is 2.89. The first-order valence-electron chi connectivity index (χ1n) is 6.92. The number of carbonyl (C=O) groups excluding carboxylic acids is 1. The lowest BCUT2D eigenvalue weighted by Gasteiger charge is -2.08. The molecule has 2 amide bonds. The van der Waals surface area contributed by atoms with E-state index in [-0.39, 0.29) is 6.03 Å². The zero-order valence-corrected chi connectivity index (χ0v) is 13.7. The molecular weight excluding hydrogens is 320 g/mol. The third-order valence-corrected chi connectivity index (χ3v) is 4.54. The summed E-state index contributed by atoms with van der Waals surface area (Å²) in [5.41, 5.74) is 0.658. The van der Waals surface area contributed by atoms with E-state index in [0.29, 0.717) is 27.0 Å². The molecule has 0 spiro atoms. The molecule has 0 aromatic heterocycles. The molecule has 22 heavy (non-hydrogen) atoms. The van der Waals surface area contributed by atoms with Gasteiger partial charge in [0.25, 0.3) is 0 Å². The summed E-state index contributed by atoms with van der Waals surface area (Å²) in [5, 5.41) is 6.06. The highest BCUT2D eigenvalue weighted by Gasteiger charge is 2.07. The fraction of sp³-hybridized carbons (Fsp3) is 0.188. The van der Waals surface area contributed by atoms with Crippen LogP contribution in [0.3, 0.4) is 0 Å². The second kappa shape index (κ2) is 7.96. The van der Waals surface area contributed by atoms with Crippen LogP contribution in [0.25, 0.3) is 0 Å². The highest BCUT2D eigenvalue weighted by molar-refractivity contribution is 7.85. The van der Waals surface area contributed by atoms with Gasteiger partial charge in [-0.1, -0.05) is 18.5 Å². The van der Waals surface area contributed by atoms with Gasteiger partial charge < -0.3 is 10.6 Å². The lowest BCUT2D eigenvalue weighted by atomic mass is 10.3. The van der Waals surface area contributed by atoms with E-state index in [4.69, 9.17) is 11.6 Å². The molecule has 0 bridgehead atoms. The predicted octanol–water partition coefficient (Wildman–Crippen LogP) is 4.04. The summed E-state index contributed by atoms with van der Waals surface area (Å²) >= 11 is 5.82. The number of hydrogen-bond acceptors (Lipinski definition) is 2. The van der Waals surface area contributed by atoms with Gasteiger partial charge in [-0.15, -0.1) is 0 Å². The Bertz CT molecular complexity index is 657. The Hall–Kier alpha value is -1.85. The molecule has 0 saturated carbocycles. The summed E-state index contributed by atoms with van der Waals surface area (Å²) in [6.07, 6.45) is 0.881. The Morgan fingerprint density at radius 2 is 1.59 bits per heavy atom. The van der Waals surface area contributed by atoms with E-state index in [2.05, 4.69) is 10.6 Å². The SMILES string of the molecule is CCCNC(=O)Nc1ccc(S(=O)c2ccc(Cl)cc2)cc1. The molecule has 0 saturated heterocycles. The topological polar surface area (TPSA) is 58.2 Å². The zero-order valence-electron chi connectivity index (χ0n) is 12.1. The number of urea groups is 1. The predicted molar refractivity (Wildman–Crippen MR) is 89.9 cm³/mol. The van der Waals surface area contributed by atoms with Crippen LogP contribution in [0.1, 0.15) is 13.3 Å². The zero-order chi connectivity index (χ0) is 15.9. The molecule has 2 N–H and O–H groups in total. The number of halogens is 1. The Kier molecular flexibility index (Phi) is 5.98. The minimum Gasteiger partial charge on any atom is -0.338 e. The number of hydrogen-bond donors (Lipinski definition) is 2. The first kappa shape index (κ1) is 16.5. The molecule has 0 aliphatic heterocycles. The van der Waals surface area contributed by atoms with Crippen molar-refractivity contribution in [1.82, 2.24) is 5.32 Å². The summed E-state index contributed by atoms with van der Waals surface area (Å²) < 4.78 is 12.4. The third kappa shape index (κ3) is 4.58. The molecule has 2 aromatic carbocycles. The fourth-order valence-corrected chi connectivity index (χ4v) is 2.93. The van der Waals surface area contributed by atoms with Crippen molar-refractivity contribution in [3.8, 4) is 0 Å². The van der Waals surface area contributed by atoms with Crippen molar-refractivity contribution in [2.45, 2.75) is 23.1 Å². The van der Waals surface area contributed by atoms with E-state index in [1.165, 1.54) is 0 Å². The van der Waals surface area contributed by atoms with Crippen molar-refractivity contribution in [1.29, 1.82) is 0 Å². The number of carbonyl (C=O) groups is 1. The highest BCUT2D eigenvalue weighted by Crippen LogP contribution is 2.20. The lowest BCUT2D eigenvalue weighted by molar-refractivity contribution is 0.252. The number of benzene rings is 2. The van der Waals surface area contributed by atoms with Gasteiger partial charge in [0, 0.05) is 27.0 Å². The molecule has 116 valence electrons. The first-order chi connectivity index (χ1) is 10.6. The van der Waals surface area contributed by atoms with Gasteiger partial charge in [-0.05, 0) is 55.0 Å². The van der Waals surface area contributed by atoms with Crippen LogP contribution < -0.4 is 10.6 Å². The van der Waals surface area contributed by atoms with Crippen LogP contribution in [0.2, 0.25) is 5.02 Å². The van der Waals surface area contributed by atoms with Gasteiger partial charge in [0.05, 0.1) is 10.8 Å². The minimum atomic E-state index is -1.27. The van der Waals surface area contributed by atoms with Crippen LogP contribution in [-0.2, 0) is 10.8 Å². The highest BCUT2D eigenvalue weighted by atomic mass is 35.5. The maximum atomic E-state index is 12.4. The summed E-state index contributed by atoms with van der Waals surface area (Å²) in [6.45, 7) is 2.62. The summed E-state index contributed by atoms with van der Waals surface area (Å²) in [5.74, 6) is 0.